The monoisotopic (exact) mass is 581 g/mol. The van der Waals surface area contributed by atoms with Crippen LogP contribution in [0.1, 0.15) is 43.2 Å². The van der Waals surface area contributed by atoms with Crippen molar-refractivity contribution in [3.63, 3.8) is 0 Å². The topological polar surface area (TPSA) is 97.2 Å². The third-order valence-electron chi connectivity index (χ3n) is 6.84. The number of nitrogens with zero attached hydrogens (tertiary/aromatic N) is 5. The maximum absolute atomic E-state index is 13.6. The van der Waals surface area contributed by atoms with Gasteiger partial charge in [-0.3, -0.25) is 4.79 Å². The highest BCUT2D eigenvalue weighted by Gasteiger charge is 2.22. The van der Waals surface area contributed by atoms with Crippen LogP contribution in [0.3, 0.4) is 0 Å². The van der Waals surface area contributed by atoms with E-state index in [4.69, 9.17) is 9.84 Å². The first-order valence-electron chi connectivity index (χ1n) is 14.2. The van der Waals surface area contributed by atoms with E-state index in [1.165, 1.54) is 18.5 Å². The van der Waals surface area contributed by atoms with Crippen molar-refractivity contribution in [3.8, 4) is 17.3 Å². The predicted molar refractivity (Wildman–Crippen MR) is 168 cm³/mol. The summed E-state index contributed by atoms with van der Waals surface area (Å²) in [5.41, 5.74) is 1.68. The third kappa shape index (κ3) is 7.34. The molecule has 0 aliphatic carbocycles. The number of halogens is 1. The van der Waals surface area contributed by atoms with Crippen LogP contribution < -0.4 is 15.4 Å². The molecule has 0 radical (unpaired) electrons. The fraction of sp³-hybridized carbons (Fsp3) is 0.273. The quantitative estimate of drug-likeness (QED) is 0.178. The van der Waals surface area contributed by atoms with Crippen molar-refractivity contribution in [2.45, 2.75) is 32.6 Å². The lowest BCUT2D eigenvalue weighted by Gasteiger charge is -2.14. The van der Waals surface area contributed by atoms with Gasteiger partial charge in [-0.05, 0) is 86.4 Å². The van der Waals surface area contributed by atoms with E-state index < -0.39 is 0 Å². The van der Waals surface area contributed by atoms with Crippen LogP contribution in [0.4, 0.5) is 16.0 Å². The van der Waals surface area contributed by atoms with E-state index in [0.717, 1.165) is 36.0 Å². The number of hydrogen-bond acceptors (Lipinski definition) is 7. The molecule has 1 amide bonds. The minimum Gasteiger partial charge on any atom is -0.439 e. The fourth-order valence-electron chi connectivity index (χ4n) is 4.55. The zero-order valence-corrected chi connectivity index (χ0v) is 25.1. The molecule has 2 heterocycles. The van der Waals surface area contributed by atoms with Gasteiger partial charge in [-0.15, -0.1) is 0 Å². The summed E-state index contributed by atoms with van der Waals surface area (Å²) in [5.74, 6) is 1.56. The average Bonchev–Trinajstić information content (AvgIpc) is 3.40. The molecule has 0 spiro atoms. The second-order valence-corrected chi connectivity index (χ2v) is 11.6. The number of amides is 1. The summed E-state index contributed by atoms with van der Waals surface area (Å²) < 4.78 is 21.3. The maximum atomic E-state index is 13.6. The Morgan fingerprint density at radius 2 is 1.79 bits per heavy atom. The van der Waals surface area contributed by atoms with Gasteiger partial charge in [-0.1, -0.05) is 32.9 Å². The average molecular weight is 582 g/mol. The number of carbonyl (C=O) groups is 1. The highest BCUT2D eigenvalue weighted by Crippen LogP contribution is 2.30. The van der Waals surface area contributed by atoms with Crippen LogP contribution in [0, 0.1) is 5.82 Å². The number of nitrogens with one attached hydrogen (secondary N) is 2. The molecule has 9 nitrogen and oxygen atoms in total. The SMILES string of the molecule is CN(C)CCCNc1cc(Oc2ccc3c(C(=O)Nc4cc(C(C)(C)C)nn4-c4ccc(F)cc4)cccc3c2)ncn1. The van der Waals surface area contributed by atoms with Crippen molar-refractivity contribution in [2.24, 2.45) is 0 Å². The molecule has 222 valence electrons. The Balaban J connectivity index is 1.36. The first-order valence-corrected chi connectivity index (χ1v) is 14.2. The van der Waals surface area contributed by atoms with Gasteiger partial charge in [0.25, 0.3) is 5.91 Å². The van der Waals surface area contributed by atoms with E-state index in [1.54, 1.807) is 28.9 Å². The summed E-state index contributed by atoms with van der Waals surface area (Å²) in [6.45, 7) is 7.91. The number of carbonyl (C=O) groups excluding carboxylic acids is 1. The third-order valence-corrected chi connectivity index (χ3v) is 6.84. The minimum atomic E-state index is -0.343. The van der Waals surface area contributed by atoms with Crippen LogP contribution in [-0.4, -0.2) is 57.7 Å². The molecular weight excluding hydrogens is 545 g/mol. The van der Waals surface area contributed by atoms with Crippen LogP contribution in [-0.2, 0) is 5.41 Å². The fourth-order valence-corrected chi connectivity index (χ4v) is 4.55. The Hall–Kier alpha value is -4.83. The summed E-state index contributed by atoms with van der Waals surface area (Å²) in [4.78, 5) is 24.3. The van der Waals surface area contributed by atoms with Crippen LogP contribution in [0.2, 0.25) is 0 Å². The number of aromatic nitrogens is 4. The number of fused-ring (bicyclic) bond motifs is 1. The number of anilines is 2. The van der Waals surface area contributed by atoms with Gasteiger partial charge >= 0.3 is 0 Å². The highest BCUT2D eigenvalue weighted by atomic mass is 19.1. The minimum absolute atomic E-state index is 0.257. The van der Waals surface area contributed by atoms with E-state index >= 15 is 0 Å². The van der Waals surface area contributed by atoms with Crippen molar-refractivity contribution in [1.82, 2.24) is 24.6 Å². The number of rotatable bonds is 10. The van der Waals surface area contributed by atoms with Crippen molar-refractivity contribution < 1.29 is 13.9 Å². The maximum Gasteiger partial charge on any atom is 0.257 e. The molecule has 2 aromatic heterocycles. The molecule has 3 aromatic carbocycles. The second-order valence-electron chi connectivity index (χ2n) is 11.6. The lowest BCUT2D eigenvalue weighted by molar-refractivity contribution is 0.102. The van der Waals surface area contributed by atoms with Crippen molar-refractivity contribution in [1.29, 1.82) is 0 Å². The first-order chi connectivity index (χ1) is 20.6. The molecule has 0 saturated carbocycles. The second kappa shape index (κ2) is 12.6. The molecule has 2 N–H and O–H groups in total. The van der Waals surface area contributed by atoms with Gasteiger partial charge in [0, 0.05) is 29.7 Å². The molecule has 0 fully saturated rings. The van der Waals surface area contributed by atoms with Crippen molar-refractivity contribution >= 4 is 28.3 Å². The Labute approximate surface area is 250 Å². The van der Waals surface area contributed by atoms with Gasteiger partial charge in [-0.25, -0.2) is 19.0 Å². The van der Waals surface area contributed by atoms with E-state index in [1.807, 2.05) is 71.3 Å². The zero-order chi connectivity index (χ0) is 30.6. The zero-order valence-electron chi connectivity index (χ0n) is 25.1. The smallest absolute Gasteiger partial charge is 0.257 e. The predicted octanol–water partition coefficient (Wildman–Crippen LogP) is 6.66. The standard InChI is InChI=1S/C33H36FN7O2/c1-33(2,3)28-19-30(41(39-28)24-12-10-23(34)11-13-24)38-32(42)27-9-6-8-22-18-25(14-15-26(22)27)43-31-20-29(36-21-37-31)35-16-7-17-40(4)5/h6,8-15,18-21H,7,16-17H2,1-5H3,(H,38,42)(H,35,36,37). The molecule has 5 aromatic rings. The molecule has 0 unspecified atom stereocenters. The molecule has 5 rings (SSSR count). The normalized spacial score (nSPS) is 11.6. The van der Waals surface area contributed by atoms with E-state index in [2.05, 4.69) is 25.5 Å². The van der Waals surface area contributed by atoms with Crippen LogP contribution in [0.15, 0.2) is 79.1 Å². The Bertz CT molecular complexity index is 1730. The summed E-state index contributed by atoms with van der Waals surface area (Å²) >= 11 is 0. The molecular formula is C33H36FN7O2. The van der Waals surface area contributed by atoms with Crippen molar-refractivity contribution in [3.05, 3.63) is 96.2 Å². The summed E-state index contributed by atoms with van der Waals surface area (Å²) in [7, 11) is 4.09. The molecule has 0 aliphatic heterocycles. The Morgan fingerprint density at radius 3 is 2.53 bits per heavy atom. The van der Waals surface area contributed by atoms with Gasteiger partial charge in [0.2, 0.25) is 5.88 Å². The van der Waals surface area contributed by atoms with Gasteiger partial charge in [-0.2, -0.15) is 5.10 Å². The molecule has 0 aliphatic rings. The van der Waals surface area contributed by atoms with Crippen LogP contribution in [0.5, 0.6) is 11.6 Å². The molecule has 10 heteroatoms. The van der Waals surface area contributed by atoms with E-state index in [-0.39, 0.29) is 17.1 Å². The van der Waals surface area contributed by atoms with Gasteiger partial charge in [0.1, 0.15) is 29.5 Å². The van der Waals surface area contributed by atoms with E-state index in [0.29, 0.717) is 34.5 Å². The summed E-state index contributed by atoms with van der Waals surface area (Å²) in [6.07, 6.45) is 2.45. The lowest BCUT2D eigenvalue weighted by atomic mass is 9.92. The van der Waals surface area contributed by atoms with Gasteiger partial charge in [0.15, 0.2) is 0 Å². The number of ether oxygens (including phenoxy) is 1. The van der Waals surface area contributed by atoms with Crippen LogP contribution >= 0.6 is 0 Å². The summed E-state index contributed by atoms with van der Waals surface area (Å²) in [6, 6.07) is 20.7. The van der Waals surface area contributed by atoms with E-state index in [9.17, 15) is 9.18 Å². The largest absolute Gasteiger partial charge is 0.439 e. The van der Waals surface area contributed by atoms with Crippen molar-refractivity contribution in [2.75, 3.05) is 37.8 Å². The van der Waals surface area contributed by atoms with Crippen LogP contribution in [0.25, 0.3) is 16.5 Å². The van der Waals surface area contributed by atoms with Gasteiger partial charge in [0.05, 0.1) is 11.4 Å². The summed E-state index contributed by atoms with van der Waals surface area (Å²) in [5, 5.41) is 12.6. The number of hydrogen-bond donors (Lipinski definition) is 2. The Morgan fingerprint density at radius 1 is 1.00 bits per heavy atom. The molecule has 0 bridgehead atoms. The first kappa shape index (κ1) is 29.7. The highest BCUT2D eigenvalue weighted by molar-refractivity contribution is 6.13. The molecule has 43 heavy (non-hydrogen) atoms. The number of benzene rings is 3. The molecule has 0 saturated heterocycles. The molecule has 0 atom stereocenters. The Kier molecular flexibility index (Phi) is 8.68. The van der Waals surface area contributed by atoms with Gasteiger partial charge < -0.3 is 20.3 Å². The lowest BCUT2D eigenvalue weighted by Crippen LogP contribution is -2.16.